The van der Waals surface area contributed by atoms with Crippen LogP contribution in [0.4, 0.5) is 0 Å². The van der Waals surface area contributed by atoms with Gasteiger partial charge in [-0.05, 0) is 13.5 Å². The van der Waals surface area contributed by atoms with Crippen molar-refractivity contribution in [1.82, 2.24) is 4.90 Å². The zero-order chi connectivity index (χ0) is 11.7. The highest BCUT2D eigenvalue weighted by Gasteiger charge is 2.20. The Bertz CT molecular complexity index is 147. The maximum absolute atomic E-state index is 9.24. The molecule has 0 saturated heterocycles. The monoisotopic (exact) mass is 220 g/mol. The lowest BCUT2D eigenvalue weighted by molar-refractivity contribution is 0.0790. The van der Waals surface area contributed by atoms with Crippen molar-refractivity contribution in [2.45, 2.75) is 18.5 Å². The minimum atomic E-state index is -0.160. The van der Waals surface area contributed by atoms with E-state index >= 15 is 0 Å². The lowest BCUT2D eigenvalue weighted by Crippen LogP contribution is -2.50. The maximum Gasteiger partial charge on any atom is 0.0629 e. The third-order valence-electron chi connectivity index (χ3n) is 2.47. The van der Waals surface area contributed by atoms with Crippen LogP contribution in [0.5, 0.6) is 0 Å². The van der Waals surface area contributed by atoms with Crippen LogP contribution < -0.4 is 5.73 Å². The first-order valence-corrected chi connectivity index (χ1v) is 5.21. The Kier molecular flexibility index (Phi) is 8.94. The van der Waals surface area contributed by atoms with E-state index in [-0.39, 0.29) is 18.7 Å². The van der Waals surface area contributed by atoms with E-state index in [0.717, 1.165) is 19.6 Å². The van der Waals surface area contributed by atoms with E-state index in [4.69, 9.17) is 15.2 Å². The summed E-state index contributed by atoms with van der Waals surface area (Å²) in [5, 5.41) is 9.24. The second kappa shape index (κ2) is 9.06. The van der Waals surface area contributed by atoms with Gasteiger partial charge in [0.2, 0.25) is 0 Å². The number of aliphatic hydroxyl groups excluding tert-OH is 1. The van der Waals surface area contributed by atoms with Crippen LogP contribution in [0.15, 0.2) is 0 Å². The minimum Gasteiger partial charge on any atom is -0.395 e. The first-order chi connectivity index (χ1) is 7.17. The standard InChI is InChI=1S/C10H24N2O3/c1-12(5-4-6-14-2)10(7-13)9(11)8-15-3/h9-10,13H,4-8,11H2,1-3H3. The Balaban J connectivity index is 3.91. The molecule has 0 spiro atoms. The predicted octanol–water partition coefficient (Wildman–Crippen LogP) is -0.711. The van der Waals surface area contributed by atoms with Gasteiger partial charge in [-0.2, -0.15) is 0 Å². The van der Waals surface area contributed by atoms with Gasteiger partial charge in [-0.25, -0.2) is 0 Å². The molecule has 0 aromatic rings. The van der Waals surface area contributed by atoms with Gasteiger partial charge in [-0.15, -0.1) is 0 Å². The maximum atomic E-state index is 9.24. The number of aliphatic hydroxyl groups is 1. The van der Waals surface area contributed by atoms with Gasteiger partial charge >= 0.3 is 0 Å². The highest BCUT2D eigenvalue weighted by molar-refractivity contribution is 4.79. The number of ether oxygens (including phenoxy) is 2. The van der Waals surface area contributed by atoms with Crippen molar-refractivity contribution < 1.29 is 14.6 Å². The van der Waals surface area contributed by atoms with E-state index in [1.165, 1.54) is 0 Å². The summed E-state index contributed by atoms with van der Waals surface area (Å²) < 4.78 is 9.94. The van der Waals surface area contributed by atoms with Crippen molar-refractivity contribution in [2.24, 2.45) is 5.73 Å². The Labute approximate surface area is 92.1 Å². The Hall–Kier alpha value is -0.200. The molecular formula is C10H24N2O3. The SMILES string of the molecule is COCCCN(C)C(CO)C(N)COC. The molecular weight excluding hydrogens is 196 g/mol. The Morgan fingerprint density at radius 3 is 2.47 bits per heavy atom. The molecule has 2 atom stereocenters. The molecule has 0 aromatic carbocycles. The van der Waals surface area contributed by atoms with Crippen LogP contribution in [-0.2, 0) is 9.47 Å². The van der Waals surface area contributed by atoms with Gasteiger partial charge in [-0.3, -0.25) is 4.90 Å². The van der Waals surface area contributed by atoms with E-state index in [2.05, 4.69) is 0 Å². The van der Waals surface area contributed by atoms with E-state index < -0.39 is 0 Å². The number of rotatable bonds is 9. The topological polar surface area (TPSA) is 68.0 Å². The molecule has 0 heterocycles. The third-order valence-corrected chi connectivity index (χ3v) is 2.47. The number of nitrogens with two attached hydrogens (primary N) is 1. The fraction of sp³-hybridized carbons (Fsp3) is 1.00. The number of likely N-dealkylation sites (N-methyl/N-ethyl adjacent to an activating group) is 1. The van der Waals surface area contributed by atoms with Crippen LogP contribution in [-0.4, -0.2) is 69.7 Å². The summed E-state index contributed by atoms with van der Waals surface area (Å²) in [6.45, 7) is 2.09. The highest BCUT2D eigenvalue weighted by Crippen LogP contribution is 2.02. The molecule has 3 N–H and O–H groups in total. The van der Waals surface area contributed by atoms with Crippen LogP contribution in [0.1, 0.15) is 6.42 Å². The van der Waals surface area contributed by atoms with Crippen molar-refractivity contribution in [3.8, 4) is 0 Å². The van der Waals surface area contributed by atoms with E-state index in [1.54, 1.807) is 14.2 Å². The van der Waals surface area contributed by atoms with E-state index in [0.29, 0.717) is 6.61 Å². The quantitative estimate of drug-likeness (QED) is 0.502. The van der Waals surface area contributed by atoms with Crippen LogP contribution in [0, 0.1) is 0 Å². The van der Waals surface area contributed by atoms with Crippen molar-refractivity contribution in [2.75, 3.05) is 47.6 Å². The summed E-state index contributed by atoms with van der Waals surface area (Å²) in [4.78, 5) is 2.04. The summed E-state index contributed by atoms with van der Waals surface area (Å²) in [5.74, 6) is 0. The zero-order valence-electron chi connectivity index (χ0n) is 9.98. The summed E-state index contributed by atoms with van der Waals surface area (Å²) in [7, 11) is 5.24. The number of methoxy groups -OCH3 is 2. The molecule has 0 saturated carbocycles. The summed E-state index contributed by atoms with van der Waals surface area (Å²) in [6, 6.07) is -0.214. The van der Waals surface area contributed by atoms with E-state index in [9.17, 15) is 5.11 Å². The normalized spacial score (nSPS) is 15.6. The largest absolute Gasteiger partial charge is 0.395 e. The molecule has 5 nitrogen and oxygen atoms in total. The van der Waals surface area contributed by atoms with Crippen LogP contribution >= 0.6 is 0 Å². The summed E-state index contributed by atoms with van der Waals surface area (Å²) >= 11 is 0. The van der Waals surface area contributed by atoms with E-state index in [1.807, 2.05) is 11.9 Å². The van der Waals surface area contributed by atoms with Crippen molar-refractivity contribution in [3.63, 3.8) is 0 Å². The number of hydrogen-bond acceptors (Lipinski definition) is 5. The molecule has 0 aliphatic carbocycles. The Morgan fingerprint density at radius 1 is 1.33 bits per heavy atom. The summed E-state index contributed by atoms with van der Waals surface area (Å²) in [5.41, 5.74) is 5.89. The van der Waals surface area contributed by atoms with Gasteiger partial charge in [0.05, 0.1) is 13.2 Å². The number of nitrogens with zero attached hydrogens (tertiary/aromatic N) is 1. The van der Waals surface area contributed by atoms with Gasteiger partial charge in [-0.1, -0.05) is 0 Å². The van der Waals surface area contributed by atoms with Crippen LogP contribution in [0.3, 0.4) is 0 Å². The predicted molar refractivity (Wildman–Crippen MR) is 59.8 cm³/mol. The van der Waals surface area contributed by atoms with Crippen molar-refractivity contribution >= 4 is 0 Å². The molecule has 0 radical (unpaired) electrons. The molecule has 0 rings (SSSR count). The average molecular weight is 220 g/mol. The molecule has 0 aliphatic rings. The van der Waals surface area contributed by atoms with Gasteiger partial charge in [0.1, 0.15) is 0 Å². The molecule has 92 valence electrons. The minimum absolute atomic E-state index is 0.0496. The second-order valence-corrected chi connectivity index (χ2v) is 3.70. The fourth-order valence-corrected chi connectivity index (χ4v) is 1.53. The van der Waals surface area contributed by atoms with Gasteiger partial charge < -0.3 is 20.3 Å². The average Bonchev–Trinajstić information content (AvgIpc) is 2.19. The molecule has 15 heavy (non-hydrogen) atoms. The van der Waals surface area contributed by atoms with Crippen molar-refractivity contribution in [3.05, 3.63) is 0 Å². The smallest absolute Gasteiger partial charge is 0.0629 e. The first-order valence-electron chi connectivity index (χ1n) is 5.21. The zero-order valence-corrected chi connectivity index (χ0v) is 9.98. The highest BCUT2D eigenvalue weighted by atomic mass is 16.5. The fourth-order valence-electron chi connectivity index (χ4n) is 1.53. The number of hydrogen-bond donors (Lipinski definition) is 2. The van der Waals surface area contributed by atoms with Gasteiger partial charge in [0, 0.05) is 39.5 Å². The third kappa shape index (κ3) is 6.06. The molecule has 0 amide bonds. The lowest BCUT2D eigenvalue weighted by Gasteiger charge is -2.30. The molecule has 0 fully saturated rings. The Morgan fingerprint density at radius 2 is 2.00 bits per heavy atom. The second-order valence-electron chi connectivity index (χ2n) is 3.70. The molecule has 5 heteroatoms. The first kappa shape index (κ1) is 14.8. The molecule has 0 bridgehead atoms. The van der Waals surface area contributed by atoms with Crippen LogP contribution in [0.2, 0.25) is 0 Å². The lowest BCUT2D eigenvalue weighted by atomic mass is 10.1. The van der Waals surface area contributed by atoms with Gasteiger partial charge in [0.25, 0.3) is 0 Å². The van der Waals surface area contributed by atoms with Gasteiger partial charge in [0.15, 0.2) is 0 Å². The molecule has 2 unspecified atom stereocenters. The molecule has 0 aliphatic heterocycles. The van der Waals surface area contributed by atoms with Crippen LogP contribution in [0.25, 0.3) is 0 Å². The molecule has 0 aromatic heterocycles. The summed E-state index contributed by atoms with van der Waals surface area (Å²) in [6.07, 6.45) is 0.934. The van der Waals surface area contributed by atoms with Crippen molar-refractivity contribution in [1.29, 1.82) is 0 Å².